The molecule has 43 heavy (non-hydrogen) atoms. The molecule has 0 bridgehead atoms. The molecule has 0 N–H and O–H groups in total. The van der Waals surface area contributed by atoms with Gasteiger partial charge < -0.3 is 18.1 Å². The minimum atomic E-state index is -4.27. The van der Waals surface area contributed by atoms with Crippen LogP contribution in [0.4, 0.5) is 0 Å². The average molecular weight is 633 g/mol. The molecule has 0 spiro atoms. The number of hydrogen-bond acceptors (Lipinski definition) is 8. The molecule has 0 atom stereocenters. The van der Waals surface area contributed by atoms with Crippen LogP contribution in [0.1, 0.15) is 55.4 Å². The molecular formula is C33H46O8P2. The monoisotopic (exact) mass is 632 g/mol. The van der Waals surface area contributed by atoms with E-state index < -0.39 is 22.4 Å². The van der Waals surface area contributed by atoms with Gasteiger partial charge in [0, 0.05) is 0 Å². The average Bonchev–Trinajstić information content (AvgIpc) is 3.06. The lowest BCUT2D eigenvalue weighted by molar-refractivity contribution is 0.0666. The van der Waals surface area contributed by atoms with Crippen LogP contribution in [0.25, 0.3) is 0 Å². The lowest BCUT2D eigenvalue weighted by Crippen LogP contribution is -2.11. The van der Waals surface area contributed by atoms with Crippen molar-refractivity contribution in [3.63, 3.8) is 0 Å². The lowest BCUT2D eigenvalue weighted by Gasteiger charge is -2.21. The Hall–Kier alpha value is -3.54. The summed E-state index contributed by atoms with van der Waals surface area (Å²) in [4.78, 5) is 0. The van der Waals surface area contributed by atoms with Gasteiger partial charge in [0.15, 0.2) is 6.79 Å². The zero-order valence-electron chi connectivity index (χ0n) is 26.4. The van der Waals surface area contributed by atoms with Crippen LogP contribution >= 0.6 is 15.6 Å². The van der Waals surface area contributed by atoms with Gasteiger partial charge in [0.1, 0.15) is 23.0 Å². The second-order valence-electron chi connectivity index (χ2n) is 6.89. The summed E-state index contributed by atoms with van der Waals surface area (Å²) >= 11 is 0. The molecule has 0 aliphatic carbocycles. The third-order valence-electron chi connectivity index (χ3n) is 4.26. The van der Waals surface area contributed by atoms with Gasteiger partial charge in [-0.2, -0.15) is 0 Å². The van der Waals surface area contributed by atoms with Crippen molar-refractivity contribution >= 4 is 15.6 Å². The highest BCUT2D eigenvalue weighted by Gasteiger charge is 2.36. The van der Waals surface area contributed by atoms with Crippen LogP contribution in [0.15, 0.2) is 121 Å². The third-order valence-corrected chi connectivity index (χ3v) is 6.84. The van der Waals surface area contributed by atoms with Gasteiger partial charge >= 0.3 is 15.6 Å². The van der Waals surface area contributed by atoms with Crippen molar-refractivity contribution in [1.29, 1.82) is 0 Å². The van der Waals surface area contributed by atoms with Crippen LogP contribution in [0.2, 0.25) is 0 Å². The zero-order valence-corrected chi connectivity index (χ0v) is 28.2. The number of phosphoric ester groups is 2. The second kappa shape index (κ2) is 24.0. The van der Waals surface area contributed by atoms with Crippen molar-refractivity contribution in [3.8, 4) is 23.0 Å². The molecule has 0 saturated carbocycles. The van der Waals surface area contributed by atoms with Crippen LogP contribution in [0.3, 0.4) is 0 Å². The van der Waals surface area contributed by atoms with Gasteiger partial charge in [-0.3, -0.25) is 0 Å². The Bertz CT molecular complexity index is 1080. The SMILES string of the molecule is CC.CC.CC.CC.O=P(OCOP(=O)(Oc1ccccc1)Oc1ccccc1)(Oc1ccccc1)Oc1ccccc1. The maximum absolute atomic E-state index is 13.4. The fraction of sp³-hybridized carbons (Fsp3) is 0.273. The van der Waals surface area contributed by atoms with Crippen LogP contribution in [-0.4, -0.2) is 6.79 Å². The molecule has 0 heterocycles. The van der Waals surface area contributed by atoms with E-state index in [0.717, 1.165) is 0 Å². The summed E-state index contributed by atoms with van der Waals surface area (Å²) in [7, 11) is -8.54. The van der Waals surface area contributed by atoms with E-state index in [2.05, 4.69) is 0 Å². The van der Waals surface area contributed by atoms with Crippen molar-refractivity contribution < 1.29 is 36.3 Å². The van der Waals surface area contributed by atoms with Gasteiger partial charge in [0.05, 0.1) is 0 Å². The molecule has 4 rings (SSSR count). The van der Waals surface area contributed by atoms with Crippen molar-refractivity contribution in [2.24, 2.45) is 0 Å². The largest absolute Gasteiger partial charge is 0.589 e. The molecule has 0 saturated heterocycles. The van der Waals surface area contributed by atoms with E-state index in [1.54, 1.807) is 121 Å². The zero-order chi connectivity index (χ0) is 32.4. The summed E-state index contributed by atoms with van der Waals surface area (Å²) < 4.78 is 59.7. The molecule has 8 nitrogen and oxygen atoms in total. The molecule has 4 aromatic rings. The van der Waals surface area contributed by atoms with Crippen molar-refractivity contribution in [2.75, 3.05) is 6.79 Å². The fourth-order valence-electron chi connectivity index (χ4n) is 2.74. The topological polar surface area (TPSA) is 89.5 Å². The van der Waals surface area contributed by atoms with Gasteiger partial charge in [-0.1, -0.05) is 128 Å². The van der Waals surface area contributed by atoms with E-state index in [1.807, 2.05) is 55.4 Å². The number of phosphoric acid groups is 2. The Morgan fingerprint density at radius 1 is 0.372 bits per heavy atom. The van der Waals surface area contributed by atoms with E-state index in [4.69, 9.17) is 27.1 Å². The minimum Gasteiger partial charge on any atom is -0.395 e. The number of benzene rings is 4. The summed E-state index contributed by atoms with van der Waals surface area (Å²) in [5.41, 5.74) is 0. The normalized spacial score (nSPS) is 9.86. The molecular weight excluding hydrogens is 586 g/mol. The second-order valence-corrected chi connectivity index (χ2v) is 9.92. The van der Waals surface area contributed by atoms with Gasteiger partial charge in [0.2, 0.25) is 0 Å². The highest BCUT2D eigenvalue weighted by atomic mass is 31.2. The summed E-state index contributed by atoms with van der Waals surface area (Å²) in [5, 5.41) is 0. The standard InChI is InChI=1S/C25H22O8P2.4C2H6/c26-34(30-22-13-5-1-6-14-22,31-23-15-7-2-8-16-23)28-21-29-35(27,32-24-17-9-3-10-18-24)33-25-19-11-4-12-20-25;4*1-2/h1-20H,21H2;4*1-2H3. The summed E-state index contributed by atoms with van der Waals surface area (Å²) in [5.74, 6) is 0.985. The Kier molecular flexibility index (Phi) is 22.0. The van der Waals surface area contributed by atoms with E-state index in [0.29, 0.717) is 0 Å². The first-order valence-corrected chi connectivity index (χ1v) is 17.4. The molecule has 0 aromatic heterocycles. The fourth-order valence-corrected chi connectivity index (χ4v) is 4.99. The molecule has 0 fully saturated rings. The van der Waals surface area contributed by atoms with Crippen molar-refractivity contribution in [3.05, 3.63) is 121 Å². The van der Waals surface area contributed by atoms with E-state index >= 15 is 0 Å². The first kappa shape index (κ1) is 39.5. The number of para-hydroxylation sites is 4. The summed E-state index contributed by atoms with van der Waals surface area (Å²) in [6.07, 6.45) is 0. The number of hydrogen-bond donors (Lipinski definition) is 0. The van der Waals surface area contributed by atoms with Crippen LogP contribution < -0.4 is 18.1 Å². The van der Waals surface area contributed by atoms with Gasteiger partial charge in [0.25, 0.3) is 0 Å². The molecule has 0 unspecified atom stereocenters. The first-order chi connectivity index (χ1) is 21.0. The molecule has 0 amide bonds. The lowest BCUT2D eigenvalue weighted by atomic mass is 10.3. The predicted octanol–water partition coefficient (Wildman–Crippen LogP) is 11.6. The van der Waals surface area contributed by atoms with Crippen LogP contribution in [-0.2, 0) is 18.2 Å². The van der Waals surface area contributed by atoms with Crippen LogP contribution in [0, 0.1) is 0 Å². The summed E-state index contributed by atoms with van der Waals surface area (Å²) in [6, 6.07) is 33.4. The van der Waals surface area contributed by atoms with Gasteiger partial charge in [-0.25, -0.2) is 18.2 Å². The molecule has 236 valence electrons. The Labute approximate surface area is 258 Å². The molecule has 0 aliphatic heterocycles. The predicted molar refractivity (Wildman–Crippen MR) is 176 cm³/mol. The highest BCUT2D eigenvalue weighted by Crippen LogP contribution is 2.53. The van der Waals surface area contributed by atoms with E-state index in [1.165, 1.54) is 0 Å². The van der Waals surface area contributed by atoms with Crippen molar-refractivity contribution in [2.45, 2.75) is 55.4 Å². The van der Waals surface area contributed by atoms with Crippen LogP contribution in [0.5, 0.6) is 23.0 Å². The Morgan fingerprint density at radius 2 is 0.558 bits per heavy atom. The smallest absolute Gasteiger partial charge is 0.395 e. The van der Waals surface area contributed by atoms with Gasteiger partial charge in [-0.05, 0) is 48.5 Å². The minimum absolute atomic E-state index is 0.246. The third kappa shape index (κ3) is 16.0. The Morgan fingerprint density at radius 3 is 0.744 bits per heavy atom. The first-order valence-electron chi connectivity index (χ1n) is 14.5. The highest BCUT2D eigenvalue weighted by molar-refractivity contribution is 7.50. The van der Waals surface area contributed by atoms with Gasteiger partial charge in [-0.15, -0.1) is 0 Å². The quantitative estimate of drug-likeness (QED) is 0.113. The number of rotatable bonds is 12. The maximum Gasteiger partial charge on any atom is 0.589 e. The molecule has 10 heteroatoms. The van der Waals surface area contributed by atoms with E-state index in [9.17, 15) is 9.13 Å². The maximum atomic E-state index is 13.4. The van der Waals surface area contributed by atoms with E-state index in [-0.39, 0.29) is 23.0 Å². The molecule has 0 aliphatic rings. The summed E-state index contributed by atoms with van der Waals surface area (Å²) in [6.45, 7) is 15.2. The molecule has 0 radical (unpaired) electrons. The Balaban J connectivity index is 0.00000204. The van der Waals surface area contributed by atoms with Crippen molar-refractivity contribution in [1.82, 2.24) is 0 Å². The molecule has 4 aromatic carbocycles.